The average Bonchev–Trinajstić information content (AvgIpc) is 2.45. The summed E-state index contributed by atoms with van der Waals surface area (Å²) in [6, 6.07) is 0.518. The molecular formula is C15H30N4O. The molecule has 0 aromatic carbocycles. The van der Waals surface area contributed by atoms with Crippen LogP contribution in [0.4, 0.5) is 0 Å². The van der Waals surface area contributed by atoms with E-state index in [1.165, 1.54) is 32.1 Å². The van der Waals surface area contributed by atoms with Crippen molar-refractivity contribution in [2.75, 3.05) is 20.1 Å². The van der Waals surface area contributed by atoms with Crippen molar-refractivity contribution < 1.29 is 4.79 Å². The fourth-order valence-electron chi connectivity index (χ4n) is 2.45. The second-order valence-corrected chi connectivity index (χ2v) is 6.14. The van der Waals surface area contributed by atoms with Gasteiger partial charge in [-0.05, 0) is 33.6 Å². The molecule has 0 aliphatic heterocycles. The van der Waals surface area contributed by atoms with Gasteiger partial charge in [-0.3, -0.25) is 9.79 Å². The van der Waals surface area contributed by atoms with Crippen LogP contribution in [0.5, 0.6) is 0 Å². The Balaban J connectivity index is 2.59. The fourth-order valence-corrected chi connectivity index (χ4v) is 2.45. The molecule has 1 rings (SSSR count). The molecule has 0 unspecified atom stereocenters. The second kappa shape index (κ2) is 8.12. The molecule has 5 nitrogen and oxygen atoms in total. The monoisotopic (exact) mass is 282 g/mol. The van der Waals surface area contributed by atoms with Gasteiger partial charge in [0.25, 0.3) is 0 Å². The van der Waals surface area contributed by atoms with Gasteiger partial charge in [0, 0.05) is 19.6 Å². The predicted molar refractivity (Wildman–Crippen MR) is 83.8 cm³/mol. The number of nitrogens with zero attached hydrogens (tertiary/aromatic N) is 1. The molecule has 0 aromatic heterocycles. The first-order valence-corrected chi connectivity index (χ1v) is 7.76. The van der Waals surface area contributed by atoms with Gasteiger partial charge in [0.05, 0.1) is 12.0 Å². The second-order valence-electron chi connectivity index (χ2n) is 6.14. The van der Waals surface area contributed by atoms with Crippen LogP contribution in [-0.2, 0) is 4.79 Å². The lowest BCUT2D eigenvalue weighted by Gasteiger charge is -2.26. The van der Waals surface area contributed by atoms with Gasteiger partial charge in [-0.25, -0.2) is 0 Å². The van der Waals surface area contributed by atoms with Crippen LogP contribution in [0.2, 0.25) is 0 Å². The first-order chi connectivity index (χ1) is 9.49. The Morgan fingerprint density at radius 2 is 1.90 bits per heavy atom. The van der Waals surface area contributed by atoms with Gasteiger partial charge in [-0.2, -0.15) is 0 Å². The number of amides is 1. The van der Waals surface area contributed by atoms with Crippen molar-refractivity contribution in [3.8, 4) is 0 Å². The maximum absolute atomic E-state index is 11.8. The molecule has 1 amide bonds. The van der Waals surface area contributed by atoms with Crippen molar-refractivity contribution in [1.29, 1.82) is 0 Å². The smallest absolute Gasteiger partial charge is 0.227 e. The zero-order valence-corrected chi connectivity index (χ0v) is 13.4. The Hall–Kier alpha value is -1.26. The molecule has 0 aromatic rings. The summed E-state index contributed by atoms with van der Waals surface area (Å²) in [6.07, 6.45) is 6.35. The van der Waals surface area contributed by atoms with Gasteiger partial charge in [-0.1, -0.05) is 19.3 Å². The maximum atomic E-state index is 11.8. The van der Waals surface area contributed by atoms with E-state index < -0.39 is 5.41 Å². The summed E-state index contributed by atoms with van der Waals surface area (Å²) in [7, 11) is 1.67. The number of carbonyl (C=O) groups is 1. The van der Waals surface area contributed by atoms with Gasteiger partial charge in [0.15, 0.2) is 5.96 Å². The molecule has 116 valence electrons. The molecule has 0 heterocycles. The standard InChI is InChI=1S/C15H30N4O/c1-5-17-14(19-12-9-7-6-8-10-12)18-11-15(2,3)13(20)16-4/h12H,5-11H2,1-4H3,(H,16,20)(H2,17,18,19). The minimum Gasteiger partial charge on any atom is -0.359 e. The van der Waals surface area contributed by atoms with Gasteiger partial charge < -0.3 is 16.0 Å². The van der Waals surface area contributed by atoms with Crippen molar-refractivity contribution in [3.63, 3.8) is 0 Å². The third-order valence-corrected chi connectivity index (χ3v) is 3.76. The van der Waals surface area contributed by atoms with E-state index in [1.807, 2.05) is 13.8 Å². The largest absolute Gasteiger partial charge is 0.359 e. The van der Waals surface area contributed by atoms with E-state index in [-0.39, 0.29) is 5.91 Å². The van der Waals surface area contributed by atoms with E-state index in [2.05, 4.69) is 27.9 Å². The van der Waals surface area contributed by atoms with E-state index >= 15 is 0 Å². The predicted octanol–water partition coefficient (Wildman–Crippen LogP) is 1.65. The Morgan fingerprint density at radius 1 is 1.25 bits per heavy atom. The zero-order chi connectivity index (χ0) is 15.0. The van der Waals surface area contributed by atoms with Gasteiger partial charge in [0.1, 0.15) is 0 Å². The van der Waals surface area contributed by atoms with E-state index in [1.54, 1.807) is 7.05 Å². The van der Waals surface area contributed by atoms with Crippen LogP contribution in [0.3, 0.4) is 0 Å². The molecule has 0 spiro atoms. The lowest BCUT2D eigenvalue weighted by Crippen LogP contribution is -2.45. The lowest BCUT2D eigenvalue weighted by molar-refractivity contribution is -0.128. The Labute approximate surface area is 123 Å². The summed E-state index contributed by atoms with van der Waals surface area (Å²) in [5, 5.41) is 9.45. The summed E-state index contributed by atoms with van der Waals surface area (Å²) in [6.45, 7) is 7.20. The minimum absolute atomic E-state index is 0.0229. The third kappa shape index (κ3) is 5.39. The summed E-state index contributed by atoms with van der Waals surface area (Å²) in [5.74, 6) is 0.853. The Morgan fingerprint density at radius 3 is 2.45 bits per heavy atom. The number of guanidine groups is 1. The molecule has 3 N–H and O–H groups in total. The molecule has 1 aliphatic carbocycles. The fraction of sp³-hybridized carbons (Fsp3) is 0.867. The maximum Gasteiger partial charge on any atom is 0.227 e. The number of rotatable bonds is 5. The van der Waals surface area contributed by atoms with E-state index in [9.17, 15) is 4.79 Å². The van der Waals surface area contributed by atoms with Crippen LogP contribution in [0.1, 0.15) is 52.9 Å². The van der Waals surface area contributed by atoms with Gasteiger partial charge >= 0.3 is 0 Å². The summed E-state index contributed by atoms with van der Waals surface area (Å²) in [5.41, 5.74) is -0.482. The minimum atomic E-state index is -0.482. The molecule has 20 heavy (non-hydrogen) atoms. The van der Waals surface area contributed by atoms with Gasteiger partial charge in [0.2, 0.25) is 5.91 Å². The SMILES string of the molecule is CCNC(=NCC(C)(C)C(=O)NC)NC1CCCCC1. The Kier molecular flexibility index (Phi) is 6.82. The van der Waals surface area contributed by atoms with Crippen LogP contribution in [0, 0.1) is 5.41 Å². The topological polar surface area (TPSA) is 65.5 Å². The highest BCUT2D eigenvalue weighted by Gasteiger charge is 2.26. The number of nitrogens with one attached hydrogen (secondary N) is 3. The highest BCUT2D eigenvalue weighted by molar-refractivity contribution is 5.83. The first kappa shape index (κ1) is 16.8. The number of carbonyl (C=O) groups excluding carboxylic acids is 1. The van der Waals surface area contributed by atoms with E-state index in [0.717, 1.165) is 12.5 Å². The van der Waals surface area contributed by atoms with Crippen LogP contribution in [-0.4, -0.2) is 38.0 Å². The summed E-state index contributed by atoms with van der Waals surface area (Å²) in [4.78, 5) is 16.4. The average molecular weight is 282 g/mol. The number of aliphatic imine (C=N–C) groups is 1. The summed E-state index contributed by atoms with van der Waals surface area (Å²) >= 11 is 0. The first-order valence-electron chi connectivity index (χ1n) is 7.76. The van der Waals surface area contributed by atoms with Crippen LogP contribution >= 0.6 is 0 Å². The molecule has 0 radical (unpaired) electrons. The molecule has 0 saturated heterocycles. The number of hydrogen-bond donors (Lipinski definition) is 3. The zero-order valence-electron chi connectivity index (χ0n) is 13.4. The third-order valence-electron chi connectivity index (χ3n) is 3.76. The van der Waals surface area contributed by atoms with Gasteiger partial charge in [-0.15, -0.1) is 0 Å². The molecule has 5 heteroatoms. The van der Waals surface area contributed by atoms with Crippen molar-refractivity contribution >= 4 is 11.9 Å². The van der Waals surface area contributed by atoms with Crippen molar-refractivity contribution in [1.82, 2.24) is 16.0 Å². The van der Waals surface area contributed by atoms with E-state index in [4.69, 9.17) is 0 Å². The lowest BCUT2D eigenvalue weighted by atomic mass is 9.92. The summed E-state index contributed by atoms with van der Waals surface area (Å²) < 4.78 is 0. The molecule has 1 saturated carbocycles. The molecular weight excluding hydrogens is 252 g/mol. The van der Waals surface area contributed by atoms with Crippen LogP contribution < -0.4 is 16.0 Å². The molecule has 0 atom stereocenters. The van der Waals surface area contributed by atoms with Crippen LogP contribution in [0.15, 0.2) is 4.99 Å². The molecule has 0 bridgehead atoms. The number of hydrogen-bond acceptors (Lipinski definition) is 2. The normalized spacial score (nSPS) is 17.7. The van der Waals surface area contributed by atoms with E-state index in [0.29, 0.717) is 12.6 Å². The van der Waals surface area contributed by atoms with Crippen molar-refractivity contribution in [3.05, 3.63) is 0 Å². The highest BCUT2D eigenvalue weighted by atomic mass is 16.2. The molecule has 1 fully saturated rings. The van der Waals surface area contributed by atoms with Crippen LogP contribution in [0.25, 0.3) is 0 Å². The highest BCUT2D eigenvalue weighted by Crippen LogP contribution is 2.18. The Bertz CT molecular complexity index is 333. The van der Waals surface area contributed by atoms with Crippen molar-refractivity contribution in [2.24, 2.45) is 10.4 Å². The quantitative estimate of drug-likeness (QED) is 0.530. The van der Waals surface area contributed by atoms with Crippen molar-refractivity contribution in [2.45, 2.75) is 58.9 Å². The molecule has 1 aliphatic rings.